The molecular formula is C9H10ClF2N. The molecule has 0 bridgehead atoms. The minimum Gasteiger partial charge on any atom is -0.330 e. The first-order valence-corrected chi connectivity index (χ1v) is 4.37. The first-order valence-electron chi connectivity index (χ1n) is 3.99. The molecule has 1 rings (SSSR count). The molecule has 1 nitrogen and oxygen atoms in total. The molecule has 0 amide bonds. The second-order valence-corrected chi connectivity index (χ2v) is 3.13. The Labute approximate surface area is 80.5 Å². The van der Waals surface area contributed by atoms with Crippen molar-refractivity contribution in [3.63, 3.8) is 0 Å². The van der Waals surface area contributed by atoms with Gasteiger partial charge in [0, 0.05) is 0 Å². The van der Waals surface area contributed by atoms with Gasteiger partial charge in [-0.05, 0) is 31.0 Å². The van der Waals surface area contributed by atoms with Crippen LogP contribution in [0.1, 0.15) is 12.0 Å². The van der Waals surface area contributed by atoms with Gasteiger partial charge in [0.1, 0.15) is 0 Å². The average molecular weight is 206 g/mol. The van der Waals surface area contributed by atoms with E-state index in [2.05, 4.69) is 0 Å². The minimum absolute atomic E-state index is 0.186. The summed E-state index contributed by atoms with van der Waals surface area (Å²) in [5.41, 5.74) is 5.58. The molecule has 1 aromatic rings. The van der Waals surface area contributed by atoms with E-state index >= 15 is 0 Å². The van der Waals surface area contributed by atoms with Crippen LogP contribution in [0.2, 0.25) is 5.02 Å². The second-order valence-electron chi connectivity index (χ2n) is 2.73. The maximum absolute atomic E-state index is 13.1. The molecule has 72 valence electrons. The van der Waals surface area contributed by atoms with Crippen molar-refractivity contribution in [2.75, 3.05) is 6.54 Å². The predicted molar refractivity (Wildman–Crippen MR) is 48.7 cm³/mol. The summed E-state index contributed by atoms with van der Waals surface area (Å²) in [4.78, 5) is 0. The second kappa shape index (κ2) is 4.53. The molecule has 0 fully saturated rings. The van der Waals surface area contributed by atoms with Gasteiger partial charge in [-0.2, -0.15) is 0 Å². The van der Waals surface area contributed by atoms with Crippen LogP contribution in [0.4, 0.5) is 8.78 Å². The van der Waals surface area contributed by atoms with Gasteiger partial charge in [-0.1, -0.05) is 17.7 Å². The minimum atomic E-state index is -0.976. The summed E-state index contributed by atoms with van der Waals surface area (Å²) in [6.45, 7) is 0.462. The van der Waals surface area contributed by atoms with Gasteiger partial charge in [0.15, 0.2) is 11.6 Å². The fraction of sp³-hybridized carbons (Fsp3) is 0.333. The third kappa shape index (κ3) is 2.39. The molecule has 2 N–H and O–H groups in total. The summed E-state index contributed by atoms with van der Waals surface area (Å²) in [7, 11) is 0. The number of aryl methyl sites for hydroxylation is 1. The maximum atomic E-state index is 13.1. The van der Waals surface area contributed by atoms with Gasteiger partial charge < -0.3 is 5.73 Å². The summed E-state index contributed by atoms with van der Waals surface area (Å²) >= 11 is 5.38. The van der Waals surface area contributed by atoms with E-state index in [-0.39, 0.29) is 5.02 Å². The lowest BCUT2D eigenvalue weighted by Gasteiger charge is -2.03. The van der Waals surface area contributed by atoms with Crippen LogP contribution in [-0.4, -0.2) is 6.54 Å². The Kier molecular flexibility index (Phi) is 3.63. The van der Waals surface area contributed by atoms with E-state index in [0.29, 0.717) is 24.9 Å². The summed E-state index contributed by atoms with van der Waals surface area (Å²) in [6.07, 6.45) is 1.08. The quantitative estimate of drug-likeness (QED) is 0.754. The number of hydrogen-bond acceptors (Lipinski definition) is 1. The van der Waals surface area contributed by atoms with Crippen molar-refractivity contribution in [2.24, 2.45) is 5.73 Å². The van der Waals surface area contributed by atoms with Crippen LogP contribution >= 0.6 is 11.6 Å². The number of benzene rings is 1. The Morgan fingerprint density at radius 3 is 2.54 bits per heavy atom. The van der Waals surface area contributed by atoms with E-state index in [1.807, 2.05) is 0 Å². The van der Waals surface area contributed by atoms with Crippen LogP contribution in [0.15, 0.2) is 12.1 Å². The highest BCUT2D eigenvalue weighted by molar-refractivity contribution is 6.30. The topological polar surface area (TPSA) is 26.0 Å². The van der Waals surface area contributed by atoms with Gasteiger partial charge in [0.25, 0.3) is 0 Å². The highest BCUT2D eigenvalue weighted by Crippen LogP contribution is 2.21. The summed E-state index contributed by atoms with van der Waals surface area (Å²) in [6, 6.07) is 2.84. The normalized spacial score (nSPS) is 10.5. The Hall–Kier alpha value is -0.670. The molecule has 0 atom stereocenters. The predicted octanol–water partition coefficient (Wildman–Crippen LogP) is 2.51. The van der Waals surface area contributed by atoms with Crippen molar-refractivity contribution in [3.8, 4) is 0 Å². The first kappa shape index (κ1) is 10.4. The molecule has 0 radical (unpaired) electrons. The van der Waals surface area contributed by atoms with Crippen LogP contribution in [0.25, 0.3) is 0 Å². The van der Waals surface area contributed by atoms with E-state index in [4.69, 9.17) is 17.3 Å². The van der Waals surface area contributed by atoms with Crippen LogP contribution in [0, 0.1) is 11.6 Å². The standard InChI is InChI=1S/C9H10ClF2N/c10-7-4-3-6(2-1-5-13)8(11)9(7)12/h3-4H,1-2,5,13H2. The molecular weight excluding hydrogens is 196 g/mol. The van der Waals surface area contributed by atoms with Gasteiger partial charge in [-0.15, -0.1) is 0 Å². The molecule has 0 aliphatic rings. The fourth-order valence-electron chi connectivity index (χ4n) is 1.05. The molecule has 0 aliphatic heterocycles. The third-order valence-electron chi connectivity index (χ3n) is 1.77. The lowest BCUT2D eigenvalue weighted by molar-refractivity contribution is 0.498. The van der Waals surface area contributed by atoms with E-state index in [1.165, 1.54) is 12.1 Å². The number of nitrogens with two attached hydrogens (primary N) is 1. The van der Waals surface area contributed by atoms with E-state index in [0.717, 1.165) is 0 Å². The van der Waals surface area contributed by atoms with Gasteiger partial charge in [-0.25, -0.2) is 8.78 Å². The van der Waals surface area contributed by atoms with Crippen LogP contribution in [-0.2, 0) is 6.42 Å². The average Bonchev–Trinajstić information content (AvgIpc) is 2.13. The Balaban J connectivity index is 2.90. The van der Waals surface area contributed by atoms with Gasteiger partial charge in [0.2, 0.25) is 0 Å². The van der Waals surface area contributed by atoms with E-state index < -0.39 is 11.6 Å². The lowest BCUT2D eigenvalue weighted by Crippen LogP contribution is -2.02. The van der Waals surface area contributed by atoms with Crippen LogP contribution < -0.4 is 5.73 Å². The molecule has 0 saturated heterocycles. The molecule has 13 heavy (non-hydrogen) atoms. The zero-order valence-corrected chi connectivity index (χ0v) is 7.74. The van der Waals surface area contributed by atoms with Gasteiger partial charge >= 0.3 is 0 Å². The maximum Gasteiger partial charge on any atom is 0.177 e. The number of halogens is 3. The van der Waals surface area contributed by atoms with Crippen molar-refractivity contribution >= 4 is 11.6 Å². The Morgan fingerprint density at radius 1 is 1.23 bits per heavy atom. The van der Waals surface area contributed by atoms with E-state index in [9.17, 15) is 8.78 Å². The summed E-state index contributed by atoms with van der Waals surface area (Å²) < 4.78 is 26.0. The monoisotopic (exact) mass is 205 g/mol. The SMILES string of the molecule is NCCCc1ccc(Cl)c(F)c1F. The number of hydrogen-bond donors (Lipinski definition) is 1. The van der Waals surface area contributed by atoms with Crippen LogP contribution in [0.3, 0.4) is 0 Å². The molecule has 4 heteroatoms. The molecule has 1 aromatic carbocycles. The van der Waals surface area contributed by atoms with Crippen LogP contribution in [0.5, 0.6) is 0 Å². The fourth-order valence-corrected chi connectivity index (χ4v) is 1.20. The van der Waals surface area contributed by atoms with Crippen molar-refractivity contribution in [3.05, 3.63) is 34.4 Å². The van der Waals surface area contributed by atoms with Crippen molar-refractivity contribution < 1.29 is 8.78 Å². The molecule has 0 unspecified atom stereocenters. The van der Waals surface area contributed by atoms with E-state index in [1.54, 1.807) is 0 Å². The molecule has 0 aromatic heterocycles. The van der Waals surface area contributed by atoms with Crippen molar-refractivity contribution in [1.29, 1.82) is 0 Å². The molecule has 0 aliphatic carbocycles. The lowest BCUT2D eigenvalue weighted by atomic mass is 10.1. The highest BCUT2D eigenvalue weighted by atomic mass is 35.5. The summed E-state index contributed by atoms with van der Waals surface area (Å²) in [5, 5.41) is -0.186. The van der Waals surface area contributed by atoms with Crippen molar-refractivity contribution in [2.45, 2.75) is 12.8 Å². The summed E-state index contributed by atoms with van der Waals surface area (Å²) in [5.74, 6) is -1.84. The third-order valence-corrected chi connectivity index (χ3v) is 2.06. The van der Waals surface area contributed by atoms with Gasteiger partial charge in [-0.3, -0.25) is 0 Å². The first-order chi connectivity index (χ1) is 6.16. The zero-order valence-electron chi connectivity index (χ0n) is 6.99. The highest BCUT2D eigenvalue weighted by Gasteiger charge is 2.10. The van der Waals surface area contributed by atoms with Gasteiger partial charge in [0.05, 0.1) is 5.02 Å². The Bertz CT molecular complexity index is 302. The largest absolute Gasteiger partial charge is 0.330 e. The molecule has 0 saturated carbocycles. The Morgan fingerprint density at radius 2 is 1.92 bits per heavy atom. The smallest absolute Gasteiger partial charge is 0.177 e. The molecule has 0 spiro atoms. The molecule has 0 heterocycles. The number of rotatable bonds is 3. The van der Waals surface area contributed by atoms with Crippen molar-refractivity contribution in [1.82, 2.24) is 0 Å². The zero-order chi connectivity index (χ0) is 9.84.